The Morgan fingerprint density at radius 1 is 0.923 bits per heavy atom. The van der Waals surface area contributed by atoms with Crippen molar-refractivity contribution < 1.29 is 19.1 Å². The van der Waals surface area contributed by atoms with Gasteiger partial charge in [0.25, 0.3) is 0 Å². The van der Waals surface area contributed by atoms with Crippen molar-refractivity contribution in [3.63, 3.8) is 0 Å². The van der Waals surface area contributed by atoms with Gasteiger partial charge in [0.05, 0.1) is 27.2 Å². The van der Waals surface area contributed by atoms with Crippen LogP contribution in [0.3, 0.4) is 0 Å². The van der Waals surface area contributed by atoms with Crippen LogP contribution in [0, 0.1) is 13.8 Å². The maximum atomic E-state index is 12.1. The van der Waals surface area contributed by atoms with E-state index in [1.54, 1.807) is 32.4 Å². The van der Waals surface area contributed by atoms with E-state index < -0.39 is 0 Å². The smallest absolute Gasteiger partial charge is 0.243 e. The lowest BCUT2D eigenvalue weighted by atomic mass is 10.1. The summed E-state index contributed by atoms with van der Waals surface area (Å²) in [5.74, 6) is 0.655. The number of hydrogen-bond donors (Lipinski definition) is 2. The Hall–Kier alpha value is -3.02. The third kappa shape index (κ3) is 5.24. The summed E-state index contributed by atoms with van der Waals surface area (Å²) in [6.45, 7) is 3.80. The number of rotatable bonds is 7. The van der Waals surface area contributed by atoms with E-state index in [0.717, 1.165) is 22.4 Å². The van der Waals surface area contributed by atoms with Crippen LogP contribution in [-0.4, -0.2) is 32.6 Å². The van der Waals surface area contributed by atoms with E-state index in [0.29, 0.717) is 11.5 Å². The van der Waals surface area contributed by atoms with Gasteiger partial charge in [-0.25, -0.2) is 0 Å². The van der Waals surface area contributed by atoms with Gasteiger partial charge >= 0.3 is 0 Å². The third-order valence-electron chi connectivity index (χ3n) is 3.93. The summed E-state index contributed by atoms with van der Waals surface area (Å²) in [7, 11) is 3.10. The highest BCUT2D eigenvalue weighted by Crippen LogP contribution is 2.27. The number of aryl methyl sites for hydroxylation is 2. The summed E-state index contributed by atoms with van der Waals surface area (Å²) in [6.07, 6.45) is 0.150. The topological polar surface area (TPSA) is 76.7 Å². The van der Waals surface area contributed by atoms with E-state index in [2.05, 4.69) is 10.6 Å². The molecular weight excluding hydrogens is 332 g/mol. The van der Waals surface area contributed by atoms with Gasteiger partial charge in [0.2, 0.25) is 11.8 Å². The summed E-state index contributed by atoms with van der Waals surface area (Å²) in [6, 6.07) is 11.1. The fourth-order valence-corrected chi connectivity index (χ4v) is 2.48. The van der Waals surface area contributed by atoms with E-state index in [4.69, 9.17) is 9.47 Å². The Labute approximate surface area is 153 Å². The van der Waals surface area contributed by atoms with Gasteiger partial charge in [-0.15, -0.1) is 0 Å². The second kappa shape index (κ2) is 8.89. The van der Waals surface area contributed by atoms with Crippen LogP contribution >= 0.6 is 0 Å². The molecule has 0 aliphatic rings. The third-order valence-corrected chi connectivity index (χ3v) is 3.93. The van der Waals surface area contributed by atoms with Gasteiger partial charge in [-0.05, 0) is 48.7 Å². The Bertz CT molecular complexity index is 802. The van der Waals surface area contributed by atoms with Crippen molar-refractivity contribution in [3.8, 4) is 11.5 Å². The molecule has 26 heavy (non-hydrogen) atoms. The van der Waals surface area contributed by atoms with Crippen LogP contribution in [0.2, 0.25) is 0 Å². The number of ether oxygens (including phenoxy) is 2. The second-order valence-corrected chi connectivity index (χ2v) is 6.01. The van der Waals surface area contributed by atoms with E-state index >= 15 is 0 Å². The molecule has 2 aromatic carbocycles. The highest BCUT2D eigenvalue weighted by molar-refractivity contribution is 5.95. The lowest BCUT2D eigenvalue weighted by Gasteiger charge is -2.11. The van der Waals surface area contributed by atoms with Gasteiger partial charge in [-0.2, -0.15) is 0 Å². The molecule has 0 aliphatic carbocycles. The maximum Gasteiger partial charge on any atom is 0.243 e. The van der Waals surface area contributed by atoms with E-state index in [1.807, 2.05) is 32.0 Å². The summed E-state index contributed by atoms with van der Waals surface area (Å²) in [4.78, 5) is 24.1. The van der Waals surface area contributed by atoms with Crippen molar-refractivity contribution in [2.24, 2.45) is 0 Å². The first kappa shape index (κ1) is 19.3. The van der Waals surface area contributed by atoms with Crippen LogP contribution in [0.25, 0.3) is 0 Å². The lowest BCUT2D eigenvalue weighted by molar-refractivity contribution is -0.123. The van der Waals surface area contributed by atoms with E-state index in [9.17, 15) is 9.59 Å². The highest BCUT2D eigenvalue weighted by Gasteiger charge is 2.10. The molecule has 2 N–H and O–H groups in total. The quantitative estimate of drug-likeness (QED) is 0.800. The van der Waals surface area contributed by atoms with Gasteiger partial charge < -0.3 is 20.1 Å². The SMILES string of the molecule is COc1ccc(CC(=O)NCC(=O)Nc2cc(C)ccc2C)cc1OC. The van der Waals surface area contributed by atoms with Crippen LogP contribution in [0.4, 0.5) is 5.69 Å². The first-order valence-corrected chi connectivity index (χ1v) is 8.27. The zero-order valence-corrected chi connectivity index (χ0v) is 15.5. The minimum Gasteiger partial charge on any atom is -0.493 e. The molecule has 0 aromatic heterocycles. The summed E-state index contributed by atoms with van der Waals surface area (Å²) < 4.78 is 10.4. The van der Waals surface area contributed by atoms with Gasteiger partial charge in [0, 0.05) is 5.69 Å². The predicted octanol–water partition coefficient (Wildman–Crippen LogP) is 2.62. The molecule has 6 nitrogen and oxygen atoms in total. The van der Waals surface area contributed by atoms with Crippen molar-refractivity contribution in [1.82, 2.24) is 5.32 Å². The molecule has 2 rings (SSSR count). The molecule has 138 valence electrons. The number of nitrogens with one attached hydrogen (secondary N) is 2. The normalized spacial score (nSPS) is 10.2. The van der Waals surface area contributed by atoms with Crippen molar-refractivity contribution in [2.75, 3.05) is 26.1 Å². The van der Waals surface area contributed by atoms with E-state index in [-0.39, 0.29) is 24.8 Å². The fourth-order valence-electron chi connectivity index (χ4n) is 2.48. The molecular formula is C20H24N2O4. The van der Waals surface area contributed by atoms with Crippen molar-refractivity contribution in [3.05, 3.63) is 53.1 Å². The van der Waals surface area contributed by atoms with E-state index in [1.165, 1.54) is 0 Å². The molecule has 0 atom stereocenters. The molecule has 0 bridgehead atoms. The number of carbonyl (C=O) groups is 2. The highest BCUT2D eigenvalue weighted by atomic mass is 16.5. The first-order valence-electron chi connectivity index (χ1n) is 8.27. The zero-order chi connectivity index (χ0) is 19.1. The zero-order valence-electron chi connectivity index (χ0n) is 15.5. The largest absolute Gasteiger partial charge is 0.493 e. The van der Waals surface area contributed by atoms with Crippen molar-refractivity contribution in [2.45, 2.75) is 20.3 Å². The number of benzene rings is 2. The average Bonchev–Trinajstić information content (AvgIpc) is 2.63. The van der Waals surface area contributed by atoms with Crippen LogP contribution < -0.4 is 20.1 Å². The first-order chi connectivity index (χ1) is 12.4. The molecule has 6 heteroatoms. The van der Waals surface area contributed by atoms with Crippen LogP contribution in [0.1, 0.15) is 16.7 Å². The summed E-state index contributed by atoms with van der Waals surface area (Å²) in [5.41, 5.74) is 3.56. The number of anilines is 1. The summed E-state index contributed by atoms with van der Waals surface area (Å²) in [5, 5.41) is 5.44. The van der Waals surface area contributed by atoms with Crippen LogP contribution in [0.15, 0.2) is 36.4 Å². The molecule has 0 saturated heterocycles. The molecule has 0 heterocycles. The Kier molecular flexibility index (Phi) is 6.60. The minimum atomic E-state index is -0.264. The number of carbonyl (C=O) groups excluding carboxylic acids is 2. The van der Waals surface area contributed by atoms with Crippen LogP contribution in [-0.2, 0) is 16.0 Å². The number of hydrogen-bond acceptors (Lipinski definition) is 4. The van der Waals surface area contributed by atoms with Gasteiger partial charge in [-0.3, -0.25) is 9.59 Å². The van der Waals surface area contributed by atoms with Crippen LogP contribution in [0.5, 0.6) is 11.5 Å². The molecule has 0 fully saturated rings. The molecule has 0 aliphatic heterocycles. The Morgan fingerprint density at radius 3 is 2.35 bits per heavy atom. The monoisotopic (exact) mass is 356 g/mol. The predicted molar refractivity (Wildman–Crippen MR) is 101 cm³/mol. The molecule has 0 radical (unpaired) electrons. The van der Waals surface area contributed by atoms with Gasteiger partial charge in [0.15, 0.2) is 11.5 Å². The summed E-state index contributed by atoms with van der Waals surface area (Å²) >= 11 is 0. The van der Waals surface area contributed by atoms with Gasteiger partial charge in [0.1, 0.15) is 0 Å². The number of methoxy groups -OCH3 is 2. The molecule has 0 saturated carbocycles. The second-order valence-electron chi connectivity index (χ2n) is 6.01. The Morgan fingerprint density at radius 2 is 1.65 bits per heavy atom. The number of amides is 2. The molecule has 0 unspecified atom stereocenters. The van der Waals surface area contributed by atoms with Crippen molar-refractivity contribution in [1.29, 1.82) is 0 Å². The fraction of sp³-hybridized carbons (Fsp3) is 0.300. The maximum absolute atomic E-state index is 12.1. The molecule has 0 spiro atoms. The lowest BCUT2D eigenvalue weighted by Crippen LogP contribution is -2.33. The molecule has 2 amide bonds. The minimum absolute atomic E-state index is 0.0838. The standard InChI is InChI=1S/C20H24N2O4/c1-13-5-6-14(2)16(9-13)22-20(24)12-21-19(23)11-15-7-8-17(25-3)18(10-15)26-4/h5-10H,11-12H2,1-4H3,(H,21,23)(H,22,24). The Balaban J connectivity index is 1.88. The van der Waals surface area contributed by atoms with Crippen molar-refractivity contribution >= 4 is 17.5 Å². The molecule has 2 aromatic rings. The van der Waals surface area contributed by atoms with Gasteiger partial charge in [-0.1, -0.05) is 18.2 Å². The average molecular weight is 356 g/mol.